The molecular formula is C12H14N2O2. The number of hydrogen-bond acceptors (Lipinski definition) is 2. The van der Waals surface area contributed by atoms with E-state index in [-0.39, 0.29) is 11.8 Å². The monoisotopic (exact) mass is 218 g/mol. The first kappa shape index (κ1) is 10.7. The predicted molar refractivity (Wildman–Crippen MR) is 61.4 cm³/mol. The summed E-state index contributed by atoms with van der Waals surface area (Å²) >= 11 is 0. The van der Waals surface area contributed by atoms with Gasteiger partial charge in [-0.2, -0.15) is 0 Å². The molecule has 0 spiro atoms. The molecule has 2 rings (SSSR count). The average molecular weight is 218 g/mol. The normalized spacial score (nSPS) is 14.7. The highest BCUT2D eigenvalue weighted by molar-refractivity contribution is 5.96. The summed E-state index contributed by atoms with van der Waals surface area (Å²) in [5.41, 5.74) is 2.50. The molecule has 0 bridgehead atoms. The van der Waals surface area contributed by atoms with E-state index in [9.17, 15) is 9.59 Å². The lowest BCUT2D eigenvalue weighted by Crippen LogP contribution is -2.18. The zero-order valence-corrected chi connectivity index (χ0v) is 9.17. The lowest BCUT2D eigenvalue weighted by molar-refractivity contribution is -0.116. The van der Waals surface area contributed by atoms with Crippen LogP contribution >= 0.6 is 0 Å². The van der Waals surface area contributed by atoms with Gasteiger partial charge in [-0.25, -0.2) is 0 Å². The van der Waals surface area contributed by atoms with Crippen LogP contribution in [-0.4, -0.2) is 18.9 Å². The maximum atomic E-state index is 11.5. The summed E-state index contributed by atoms with van der Waals surface area (Å²) in [5, 5.41) is 5.42. The Labute approximate surface area is 94.0 Å². The molecule has 0 aromatic heterocycles. The number of benzene rings is 1. The van der Waals surface area contributed by atoms with Gasteiger partial charge in [0.15, 0.2) is 0 Å². The Balaban J connectivity index is 2.35. The third kappa shape index (κ3) is 2.05. The zero-order chi connectivity index (χ0) is 11.5. The number of nitrogens with one attached hydrogen (secondary N) is 2. The van der Waals surface area contributed by atoms with Crippen molar-refractivity contribution in [2.75, 3.05) is 12.4 Å². The van der Waals surface area contributed by atoms with E-state index in [1.807, 2.05) is 6.07 Å². The van der Waals surface area contributed by atoms with Gasteiger partial charge < -0.3 is 10.6 Å². The fourth-order valence-corrected chi connectivity index (χ4v) is 1.86. The molecule has 1 aromatic carbocycles. The van der Waals surface area contributed by atoms with Crippen LogP contribution in [0.5, 0.6) is 0 Å². The van der Waals surface area contributed by atoms with E-state index in [1.54, 1.807) is 19.2 Å². The number of carbonyl (C=O) groups excluding carboxylic acids is 2. The second kappa shape index (κ2) is 4.35. The van der Waals surface area contributed by atoms with E-state index in [4.69, 9.17) is 0 Å². The van der Waals surface area contributed by atoms with Gasteiger partial charge in [0.2, 0.25) is 5.91 Å². The van der Waals surface area contributed by atoms with Gasteiger partial charge in [0, 0.05) is 24.7 Å². The molecule has 0 fully saturated rings. The van der Waals surface area contributed by atoms with Crippen molar-refractivity contribution in [1.82, 2.24) is 5.32 Å². The quantitative estimate of drug-likeness (QED) is 0.747. The molecule has 84 valence electrons. The van der Waals surface area contributed by atoms with Crippen LogP contribution in [0.25, 0.3) is 0 Å². The lowest BCUT2D eigenvalue weighted by atomic mass is 10.0. The summed E-state index contributed by atoms with van der Waals surface area (Å²) in [7, 11) is 1.61. The molecule has 4 nitrogen and oxygen atoms in total. The Morgan fingerprint density at radius 1 is 1.38 bits per heavy atom. The van der Waals surface area contributed by atoms with Gasteiger partial charge in [-0.05, 0) is 36.6 Å². The Bertz CT molecular complexity index is 441. The Kier molecular flexibility index (Phi) is 2.90. The van der Waals surface area contributed by atoms with E-state index in [1.165, 1.54) is 0 Å². The van der Waals surface area contributed by atoms with E-state index in [0.29, 0.717) is 12.0 Å². The van der Waals surface area contributed by atoms with Crippen molar-refractivity contribution in [2.24, 2.45) is 0 Å². The minimum Gasteiger partial charge on any atom is -0.355 e. The first-order valence-corrected chi connectivity index (χ1v) is 5.35. The van der Waals surface area contributed by atoms with Crippen LogP contribution in [0.4, 0.5) is 5.69 Å². The van der Waals surface area contributed by atoms with Crippen molar-refractivity contribution < 1.29 is 9.59 Å². The average Bonchev–Trinajstić information content (AvgIpc) is 2.47. The van der Waals surface area contributed by atoms with Gasteiger partial charge in [0.1, 0.15) is 0 Å². The summed E-state index contributed by atoms with van der Waals surface area (Å²) in [4.78, 5) is 22.8. The number of aryl methyl sites for hydroxylation is 1. The molecule has 0 radical (unpaired) electrons. The highest BCUT2D eigenvalue weighted by atomic mass is 16.2. The second-order valence-corrected chi connectivity index (χ2v) is 3.85. The van der Waals surface area contributed by atoms with Crippen molar-refractivity contribution in [3.63, 3.8) is 0 Å². The van der Waals surface area contributed by atoms with E-state index in [2.05, 4.69) is 10.6 Å². The lowest BCUT2D eigenvalue weighted by Gasteiger charge is -2.08. The van der Waals surface area contributed by atoms with Crippen LogP contribution in [0, 0.1) is 0 Å². The highest BCUT2D eigenvalue weighted by Crippen LogP contribution is 2.23. The standard InChI is InChI=1S/C12H14N2O2/c1-13-12(16)9-5-6-10-8(7-9)3-2-4-11(15)14-10/h5-7H,2-4H2,1H3,(H,13,16)(H,14,15). The molecule has 2 amide bonds. The molecule has 2 N–H and O–H groups in total. The minimum atomic E-state index is -0.0987. The van der Waals surface area contributed by atoms with Crippen LogP contribution in [-0.2, 0) is 11.2 Å². The molecule has 1 aliphatic rings. The van der Waals surface area contributed by atoms with Crippen LogP contribution in [0.1, 0.15) is 28.8 Å². The second-order valence-electron chi connectivity index (χ2n) is 3.85. The van der Waals surface area contributed by atoms with E-state index in [0.717, 1.165) is 24.1 Å². The van der Waals surface area contributed by atoms with Crippen molar-refractivity contribution in [3.8, 4) is 0 Å². The van der Waals surface area contributed by atoms with Gasteiger partial charge in [-0.1, -0.05) is 0 Å². The zero-order valence-electron chi connectivity index (χ0n) is 9.17. The van der Waals surface area contributed by atoms with Gasteiger partial charge in [0.05, 0.1) is 0 Å². The third-order valence-corrected chi connectivity index (χ3v) is 2.72. The first-order valence-electron chi connectivity index (χ1n) is 5.35. The third-order valence-electron chi connectivity index (χ3n) is 2.72. The van der Waals surface area contributed by atoms with Gasteiger partial charge >= 0.3 is 0 Å². The van der Waals surface area contributed by atoms with Crippen molar-refractivity contribution in [3.05, 3.63) is 29.3 Å². The predicted octanol–water partition coefficient (Wildman–Crippen LogP) is 1.32. The minimum absolute atomic E-state index is 0.0476. The Hall–Kier alpha value is -1.84. The highest BCUT2D eigenvalue weighted by Gasteiger charge is 2.14. The number of hydrogen-bond donors (Lipinski definition) is 2. The van der Waals surface area contributed by atoms with Crippen LogP contribution in [0.2, 0.25) is 0 Å². The number of fused-ring (bicyclic) bond motifs is 1. The van der Waals surface area contributed by atoms with Crippen LogP contribution in [0.15, 0.2) is 18.2 Å². The smallest absolute Gasteiger partial charge is 0.251 e. The van der Waals surface area contributed by atoms with E-state index >= 15 is 0 Å². The van der Waals surface area contributed by atoms with Crippen molar-refractivity contribution >= 4 is 17.5 Å². The summed E-state index contributed by atoms with van der Waals surface area (Å²) in [6, 6.07) is 5.37. The van der Waals surface area contributed by atoms with Gasteiger partial charge in [-0.15, -0.1) is 0 Å². The van der Waals surface area contributed by atoms with Crippen LogP contribution in [0.3, 0.4) is 0 Å². The fraction of sp³-hybridized carbons (Fsp3) is 0.333. The molecule has 0 unspecified atom stereocenters. The van der Waals surface area contributed by atoms with E-state index < -0.39 is 0 Å². The molecule has 1 aromatic rings. The summed E-state index contributed by atoms with van der Waals surface area (Å²) in [6.07, 6.45) is 2.21. The fourth-order valence-electron chi connectivity index (χ4n) is 1.86. The molecule has 1 aliphatic heterocycles. The molecule has 1 heterocycles. The number of anilines is 1. The molecule has 0 saturated carbocycles. The molecule has 0 saturated heterocycles. The Morgan fingerprint density at radius 2 is 2.19 bits per heavy atom. The number of amides is 2. The molecule has 16 heavy (non-hydrogen) atoms. The molecular weight excluding hydrogens is 204 g/mol. The Morgan fingerprint density at radius 3 is 2.94 bits per heavy atom. The molecule has 0 atom stereocenters. The SMILES string of the molecule is CNC(=O)c1ccc2c(c1)CCCC(=O)N2. The summed E-state index contributed by atoms with van der Waals surface area (Å²) in [6.45, 7) is 0. The summed E-state index contributed by atoms with van der Waals surface area (Å²) in [5.74, 6) is -0.0511. The maximum absolute atomic E-state index is 11.5. The number of rotatable bonds is 1. The number of carbonyl (C=O) groups is 2. The largest absolute Gasteiger partial charge is 0.355 e. The maximum Gasteiger partial charge on any atom is 0.251 e. The topological polar surface area (TPSA) is 58.2 Å². The van der Waals surface area contributed by atoms with Crippen molar-refractivity contribution in [2.45, 2.75) is 19.3 Å². The van der Waals surface area contributed by atoms with Gasteiger partial charge in [-0.3, -0.25) is 9.59 Å². The van der Waals surface area contributed by atoms with Crippen molar-refractivity contribution in [1.29, 1.82) is 0 Å². The molecule has 0 aliphatic carbocycles. The summed E-state index contributed by atoms with van der Waals surface area (Å²) < 4.78 is 0. The van der Waals surface area contributed by atoms with Crippen LogP contribution < -0.4 is 10.6 Å². The van der Waals surface area contributed by atoms with Gasteiger partial charge in [0.25, 0.3) is 5.91 Å². The first-order chi connectivity index (χ1) is 7.70. The molecule has 4 heteroatoms.